The molecule has 2 atom stereocenters. The van der Waals surface area contributed by atoms with E-state index in [1.807, 2.05) is 17.0 Å². The predicted octanol–water partition coefficient (Wildman–Crippen LogP) is 3.97. The molecule has 1 saturated carbocycles. The fraction of sp³-hybridized carbons (Fsp3) is 0.607. The number of nitrogens with zero attached hydrogens (tertiary/aromatic N) is 3. The number of pyridine rings is 2. The first kappa shape index (κ1) is 25.1. The molecular formula is C28H38N4O4. The van der Waals surface area contributed by atoms with Gasteiger partial charge in [-0.15, -0.1) is 0 Å². The summed E-state index contributed by atoms with van der Waals surface area (Å²) in [6, 6.07) is 7.45. The highest BCUT2D eigenvalue weighted by Gasteiger charge is 2.39. The van der Waals surface area contributed by atoms with E-state index in [2.05, 4.69) is 22.4 Å². The molecule has 4 heterocycles. The molecule has 2 N–H and O–H groups in total. The first-order valence-corrected chi connectivity index (χ1v) is 13.4. The lowest BCUT2D eigenvalue weighted by molar-refractivity contribution is -0.143. The molecule has 8 nitrogen and oxygen atoms in total. The van der Waals surface area contributed by atoms with E-state index in [0.717, 1.165) is 74.3 Å². The number of likely N-dealkylation sites (tertiary alicyclic amines) is 1. The summed E-state index contributed by atoms with van der Waals surface area (Å²) in [5.74, 6) is 0.504. The van der Waals surface area contributed by atoms with Crippen molar-refractivity contribution in [2.75, 3.05) is 38.7 Å². The van der Waals surface area contributed by atoms with Crippen LogP contribution in [-0.4, -0.2) is 71.5 Å². The van der Waals surface area contributed by atoms with Crippen molar-refractivity contribution in [1.29, 1.82) is 0 Å². The van der Waals surface area contributed by atoms with Crippen LogP contribution in [0.1, 0.15) is 73.0 Å². The number of carbonyl (C=O) groups is 1. The molecule has 0 aromatic carbocycles. The zero-order chi connectivity index (χ0) is 24.9. The molecule has 194 valence electrons. The van der Waals surface area contributed by atoms with Gasteiger partial charge in [0.15, 0.2) is 0 Å². The number of hydrogen-bond donors (Lipinski definition) is 2. The number of nitrogens with one attached hydrogen (secondary N) is 1. The number of fused-ring (bicyclic) bond motifs is 1. The highest BCUT2D eigenvalue weighted by Crippen LogP contribution is 2.41. The lowest BCUT2D eigenvalue weighted by Gasteiger charge is -2.36. The highest BCUT2D eigenvalue weighted by molar-refractivity contribution is 5.76. The number of aryl methyl sites for hydroxylation is 2. The van der Waals surface area contributed by atoms with Gasteiger partial charge in [0.05, 0.1) is 12.2 Å². The Hall–Kier alpha value is -2.55. The minimum absolute atomic E-state index is 0.0691. The minimum atomic E-state index is -0.820. The van der Waals surface area contributed by atoms with E-state index in [4.69, 9.17) is 14.5 Å². The van der Waals surface area contributed by atoms with E-state index in [0.29, 0.717) is 19.7 Å². The Kier molecular flexibility index (Phi) is 8.14. The van der Waals surface area contributed by atoms with Gasteiger partial charge in [0.25, 0.3) is 0 Å². The number of aliphatic carboxylic acids is 1. The third-order valence-electron chi connectivity index (χ3n) is 7.89. The number of ether oxygens (including phenoxy) is 2. The largest absolute Gasteiger partial charge is 0.480 e. The van der Waals surface area contributed by atoms with Crippen molar-refractivity contribution >= 4 is 11.8 Å². The van der Waals surface area contributed by atoms with Crippen molar-refractivity contribution < 1.29 is 19.4 Å². The number of carboxylic acid groups (broad SMARTS) is 1. The molecule has 1 unspecified atom stereocenters. The normalized spacial score (nSPS) is 24.5. The van der Waals surface area contributed by atoms with Gasteiger partial charge < -0.3 is 19.9 Å². The molecule has 2 aromatic heterocycles. The zero-order valence-electron chi connectivity index (χ0n) is 21.2. The molecule has 2 fully saturated rings. The Bertz CT molecular complexity index is 1040. The molecule has 0 amide bonds. The van der Waals surface area contributed by atoms with E-state index in [9.17, 15) is 9.90 Å². The summed E-state index contributed by atoms with van der Waals surface area (Å²) in [6.07, 6.45) is 9.98. The second kappa shape index (κ2) is 11.7. The second-order valence-electron chi connectivity index (χ2n) is 10.3. The van der Waals surface area contributed by atoms with Gasteiger partial charge >= 0.3 is 5.97 Å². The van der Waals surface area contributed by atoms with Crippen molar-refractivity contribution in [2.45, 2.75) is 75.5 Å². The minimum Gasteiger partial charge on any atom is -0.480 e. The molecule has 0 radical (unpaired) electrons. The van der Waals surface area contributed by atoms with Crippen LogP contribution in [0.2, 0.25) is 0 Å². The number of anilines is 1. The van der Waals surface area contributed by atoms with E-state index in [-0.39, 0.29) is 18.1 Å². The highest BCUT2D eigenvalue weighted by atomic mass is 16.5. The standard InChI is InChI=1S/C28H38N4O4/c1-35-23-16-20(17-23)25-24(8-5-12-29-25)26(28(33)34)32-14-11-22(18-32)36-15-3-2-7-21-10-9-19-6-4-13-30-27(19)31-21/h5,8-10,12,20,22-23,26H,2-4,6-7,11,13-18H2,1H3,(H,30,31)(H,33,34)/t20-,22-,23-,26?/m1/s1. The van der Waals surface area contributed by atoms with E-state index in [1.54, 1.807) is 13.3 Å². The fourth-order valence-electron chi connectivity index (χ4n) is 5.76. The second-order valence-corrected chi connectivity index (χ2v) is 10.3. The molecule has 3 aliphatic rings. The third kappa shape index (κ3) is 5.71. The van der Waals surface area contributed by atoms with Crippen LogP contribution in [0.25, 0.3) is 0 Å². The number of methoxy groups -OCH3 is 1. The molecular weight excluding hydrogens is 456 g/mol. The summed E-state index contributed by atoms with van der Waals surface area (Å²) in [5.41, 5.74) is 4.19. The van der Waals surface area contributed by atoms with Crippen LogP contribution in [-0.2, 0) is 27.1 Å². The number of unbranched alkanes of at least 4 members (excludes halogenated alkanes) is 1. The molecule has 2 aliphatic heterocycles. The van der Waals surface area contributed by atoms with Crippen LogP contribution >= 0.6 is 0 Å². The van der Waals surface area contributed by atoms with Crippen LogP contribution in [0, 0.1) is 0 Å². The van der Waals surface area contributed by atoms with Gasteiger partial charge in [-0.05, 0) is 69.1 Å². The van der Waals surface area contributed by atoms with Crippen molar-refractivity contribution in [3.63, 3.8) is 0 Å². The SMILES string of the molecule is CO[C@H]1C[C@H](c2ncccc2C(C(=O)O)N2CC[C@@H](OCCCCc3ccc4c(n3)NCCC4)C2)C1. The van der Waals surface area contributed by atoms with Crippen molar-refractivity contribution in [2.24, 2.45) is 0 Å². The lowest BCUT2D eigenvalue weighted by Crippen LogP contribution is -2.36. The number of carboxylic acids is 1. The Morgan fingerprint density at radius 2 is 2.14 bits per heavy atom. The Labute approximate surface area is 213 Å². The number of aromatic nitrogens is 2. The van der Waals surface area contributed by atoms with Crippen molar-refractivity contribution in [1.82, 2.24) is 14.9 Å². The summed E-state index contributed by atoms with van der Waals surface area (Å²) in [5, 5.41) is 13.6. The Morgan fingerprint density at radius 3 is 2.97 bits per heavy atom. The summed E-state index contributed by atoms with van der Waals surface area (Å²) < 4.78 is 11.6. The average Bonchev–Trinajstić information content (AvgIpc) is 3.32. The van der Waals surface area contributed by atoms with E-state index < -0.39 is 12.0 Å². The maximum Gasteiger partial charge on any atom is 0.325 e. The predicted molar refractivity (Wildman–Crippen MR) is 137 cm³/mol. The Morgan fingerprint density at radius 1 is 1.25 bits per heavy atom. The molecule has 0 bridgehead atoms. The zero-order valence-corrected chi connectivity index (χ0v) is 21.2. The van der Waals surface area contributed by atoms with E-state index in [1.165, 1.54) is 12.0 Å². The molecule has 1 aliphatic carbocycles. The maximum atomic E-state index is 12.4. The van der Waals surface area contributed by atoms with Crippen molar-refractivity contribution in [3.8, 4) is 0 Å². The van der Waals surface area contributed by atoms with E-state index >= 15 is 0 Å². The summed E-state index contributed by atoms with van der Waals surface area (Å²) in [7, 11) is 1.73. The van der Waals surface area contributed by atoms with Gasteiger partial charge in [-0.2, -0.15) is 0 Å². The average molecular weight is 495 g/mol. The Balaban J connectivity index is 1.10. The fourth-order valence-corrected chi connectivity index (χ4v) is 5.76. The van der Waals surface area contributed by atoms with Crippen molar-refractivity contribution in [3.05, 3.63) is 53.0 Å². The van der Waals surface area contributed by atoms with Crippen LogP contribution < -0.4 is 5.32 Å². The first-order chi connectivity index (χ1) is 17.6. The smallest absolute Gasteiger partial charge is 0.325 e. The summed E-state index contributed by atoms with van der Waals surface area (Å²) >= 11 is 0. The maximum absolute atomic E-state index is 12.4. The van der Waals surface area contributed by atoms with Gasteiger partial charge in [0.1, 0.15) is 11.9 Å². The van der Waals surface area contributed by atoms with Crippen LogP contribution in [0.3, 0.4) is 0 Å². The van der Waals surface area contributed by atoms with Gasteiger partial charge in [-0.1, -0.05) is 12.1 Å². The summed E-state index contributed by atoms with van der Waals surface area (Å²) in [4.78, 5) is 23.8. The van der Waals surface area contributed by atoms with Gasteiger partial charge in [0.2, 0.25) is 0 Å². The summed E-state index contributed by atoms with van der Waals surface area (Å²) in [6.45, 7) is 3.05. The quantitative estimate of drug-likeness (QED) is 0.453. The van der Waals surface area contributed by atoms with Crippen LogP contribution in [0.4, 0.5) is 5.82 Å². The number of hydrogen-bond acceptors (Lipinski definition) is 7. The van der Waals surface area contributed by atoms with Crippen LogP contribution in [0.15, 0.2) is 30.5 Å². The van der Waals surface area contributed by atoms with Gasteiger partial charge in [-0.3, -0.25) is 14.7 Å². The monoisotopic (exact) mass is 494 g/mol. The first-order valence-electron chi connectivity index (χ1n) is 13.4. The third-order valence-corrected chi connectivity index (χ3v) is 7.89. The molecule has 1 saturated heterocycles. The van der Waals surface area contributed by atoms with Gasteiger partial charge in [-0.25, -0.2) is 4.98 Å². The molecule has 8 heteroatoms. The number of rotatable bonds is 11. The molecule has 5 rings (SSSR count). The van der Waals surface area contributed by atoms with Gasteiger partial charge in [0, 0.05) is 62.4 Å². The molecule has 36 heavy (non-hydrogen) atoms. The van der Waals surface area contributed by atoms with Crippen LogP contribution in [0.5, 0.6) is 0 Å². The lowest BCUT2D eigenvalue weighted by atomic mass is 9.77. The molecule has 0 spiro atoms. The molecule has 2 aromatic rings. The topological polar surface area (TPSA) is 96.8 Å².